The predicted molar refractivity (Wildman–Crippen MR) is 101 cm³/mol. The Balaban J connectivity index is 1.31. The first kappa shape index (κ1) is 17.8. The van der Waals surface area contributed by atoms with Crippen LogP contribution in [0.15, 0.2) is 53.1 Å². The first-order valence-electron chi connectivity index (χ1n) is 9.10. The molecule has 0 bridgehead atoms. The molecule has 0 amide bonds. The van der Waals surface area contributed by atoms with E-state index < -0.39 is 0 Å². The number of benzene rings is 1. The van der Waals surface area contributed by atoms with Crippen LogP contribution in [-0.4, -0.2) is 30.6 Å². The van der Waals surface area contributed by atoms with Crippen LogP contribution in [0.25, 0.3) is 11.5 Å². The largest absolute Gasteiger partial charge is 0.471 e. The average Bonchev–Trinajstić information content (AvgIpc) is 3.38. The van der Waals surface area contributed by atoms with Gasteiger partial charge in [0.1, 0.15) is 23.9 Å². The second-order valence-electron chi connectivity index (χ2n) is 6.38. The van der Waals surface area contributed by atoms with Crippen LogP contribution in [0.1, 0.15) is 29.3 Å². The number of nitrogens with one attached hydrogen (secondary N) is 1. The van der Waals surface area contributed by atoms with Gasteiger partial charge in [-0.3, -0.25) is 0 Å². The summed E-state index contributed by atoms with van der Waals surface area (Å²) in [5, 5.41) is 13.8. The summed E-state index contributed by atoms with van der Waals surface area (Å²) in [7, 11) is 0. The van der Waals surface area contributed by atoms with Gasteiger partial charge < -0.3 is 9.15 Å². The zero-order valence-corrected chi connectivity index (χ0v) is 15.5. The van der Waals surface area contributed by atoms with Crippen molar-refractivity contribution in [1.29, 1.82) is 0 Å². The van der Waals surface area contributed by atoms with Crippen LogP contribution in [0.2, 0.25) is 0 Å². The van der Waals surface area contributed by atoms with Crippen molar-refractivity contribution in [3.05, 3.63) is 71.5 Å². The van der Waals surface area contributed by atoms with E-state index in [4.69, 9.17) is 9.15 Å². The third-order valence-corrected chi connectivity index (χ3v) is 4.34. The van der Waals surface area contributed by atoms with Crippen molar-refractivity contribution in [3.8, 4) is 17.3 Å². The lowest BCUT2D eigenvalue weighted by atomic mass is 10.1. The van der Waals surface area contributed by atoms with Gasteiger partial charge in [0, 0.05) is 24.2 Å². The fourth-order valence-corrected chi connectivity index (χ4v) is 2.80. The fraction of sp³-hybridized carbons (Fsp3) is 0.250. The number of oxazole rings is 1. The first-order valence-corrected chi connectivity index (χ1v) is 9.10. The van der Waals surface area contributed by atoms with Crippen molar-refractivity contribution in [2.24, 2.45) is 0 Å². The van der Waals surface area contributed by atoms with Gasteiger partial charge in [-0.1, -0.05) is 24.3 Å². The van der Waals surface area contributed by atoms with Crippen LogP contribution in [-0.2, 0) is 19.4 Å². The number of aromatic amines is 1. The molecule has 0 spiro atoms. The van der Waals surface area contributed by atoms with Crippen molar-refractivity contribution < 1.29 is 9.15 Å². The van der Waals surface area contributed by atoms with Gasteiger partial charge in [-0.2, -0.15) is 0 Å². The van der Waals surface area contributed by atoms with Gasteiger partial charge in [-0.15, -0.1) is 5.10 Å². The molecular formula is C20H20N6O2. The van der Waals surface area contributed by atoms with Crippen LogP contribution < -0.4 is 4.74 Å². The number of nitrogens with zero attached hydrogens (tertiary/aromatic N) is 5. The van der Waals surface area contributed by atoms with Crippen molar-refractivity contribution in [2.75, 3.05) is 0 Å². The summed E-state index contributed by atoms with van der Waals surface area (Å²) >= 11 is 0. The maximum Gasteiger partial charge on any atom is 0.226 e. The average molecular weight is 376 g/mol. The Morgan fingerprint density at radius 3 is 2.71 bits per heavy atom. The Morgan fingerprint density at radius 1 is 1.07 bits per heavy atom. The molecule has 3 aromatic heterocycles. The molecule has 1 N–H and O–H groups in total. The molecule has 28 heavy (non-hydrogen) atoms. The number of H-pyrrole nitrogens is 1. The van der Waals surface area contributed by atoms with Crippen LogP contribution in [0.3, 0.4) is 0 Å². The molecule has 0 saturated carbocycles. The number of pyridine rings is 1. The van der Waals surface area contributed by atoms with Crippen molar-refractivity contribution in [3.63, 3.8) is 0 Å². The Hall–Kier alpha value is -3.55. The number of rotatable bonds is 8. The summed E-state index contributed by atoms with van der Waals surface area (Å²) in [6, 6.07) is 13.7. The minimum Gasteiger partial charge on any atom is -0.471 e. The summed E-state index contributed by atoms with van der Waals surface area (Å²) in [5.41, 5.74) is 2.86. The summed E-state index contributed by atoms with van der Waals surface area (Å²) in [6.07, 6.45) is 4.48. The molecule has 0 radical (unpaired) electrons. The van der Waals surface area contributed by atoms with E-state index in [-0.39, 0.29) is 0 Å². The van der Waals surface area contributed by atoms with Crippen LogP contribution >= 0.6 is 0 Å². The molecule has 8 heteroatoms. The number of ether oxygens (including phenoxy) is 1. The molecule has 0 aliphatic carbocycles. The predicted octanol–water partition coefficient (Wildman–Crippen LogP) is 3.31. The molecule has 0 aliphatic rings. The van der Waals surface area contributed by atoms with E-state index in [1.165, 1.54) is 0 Å². The monoisotopic (exact) mass is 376 g/mol. The zero-order chi connectivity index (χ0) is 19.2. The van der Waals surface area contributed by atoms with Crippen LogP contribution in [0, 0.1) is 6.92 Å². The normalized spacial score (nSPS) is 10.9. The topological polar surface area (TPSA) is 103 Å². The van der Waals surface area contributed by atoms with Crippen LogP contribution in [0.4, 0.5) is 0 Å². The van der Waals surface area contributed by atoms with E-state index in [0.29, 0.717) is 18.4 Å². The first-order chi connectivity index (χ1) is 13.8. The van der Waals surface area contributed by atoms with Gasteiger partial charge in [0.15, 0.2) is 0 Å². The number of hydrogen-bond donors (Lipinski definition) is 1. The van der Waals surface area contributed by atoms with Gasteiger partial charge in [0.05, 0.1) is 0 Å². The molecule has 142 valence electrons. The quantitative estimate of drug-likeness (QED) is 0.503. The smallest absolute Gasteiger partial charge is 0.226 e. The Labute approximate surface area is 162 Å². The zero-order valence-electron chi connectivity index (χ0n) is 15.5. The number of tetrazole rings is 1. The molecule has 1 aromatic carbocycles. The molecule has 0 unspecified atom stereocenters. The summed E-state index contributed by atoms with van der Waals surface area (Å²) in [4.78, 5) is 8.91. The second kappa shape index (κ2) is 8.43. The summed E-state index contributed by atoms with van der Waals surface area (Å²) in [6.45, 7) is 2.20. The third-order valence-electron chi connectivity index (χ3n) is 4.34. The molecule has 0 saturated heterocycles. The lowest BCUT2D eigenvalue weighted by molar-refractivity contribution is 0.287. The van der Waals surface area contributed by atoms with Gasteiger partial charge in [0.25, 0.3) is 0 Å². The molecule has 3 heterocycles. The maximum atomic E-state index is 5.78. The number of hydrogen-bond acceptors (Lipinski definition) is 7. The highest BCUT2D eigenvalue weighted by molar-refractivity contribution is 5.53. The Morgan fingerprint density at radius 2 is 1.96 bits per heavy atom. The summed E-state index contributed by atoms with van der Waals surface area (Å²) in [5.74, 6) is 2.71. The van der Waals surface area contributed by atoms with Crippen molar-refractivity contribution in [2.45, 2.75) is 32.8 Å². The van der Waals surface area contributed by atoms with Crippen LogP contribution in [0.5, 0.6) is 5.88 Å². The maximum absolute atomic E-state index is 5.78. The van der Waals surface area contributed by atoms with E-state index in [1.807, 2.05) is 55.6 Å². The van der Waals surface area contributed by atoms with E-state index in [0.717, 1.165) is 47.7 Å². The molecule has 4 rings (SSSR count). The number of aromatic nitrogens is 6. The van der Waals surface area contributed by atoms with E-state index in [2.05, 4.69) is 30.6 Å². The Kier molecular flexibility index (Phi) is 5.37. The van der Waals surface area contributed by atoms with Gasteiger partial charge in [-0.05, 0) is 47.9 Å². The van der Waals surface area contributed by atoms with E-state index in [9.17, 15) is 0 Å². The molecule has 4 aromatic rings. The standard InChI is InChI=1S/C20H20N6O2/c1-14-17(22-20(28-14)16-7-3-2-4-8-16)13-27-19-11-10-15(12-21-19)6-5-9-18-23-25-26-24-18/h2-4,7-8,10-12H,5-6,9,13H2,1H3,(H,23,24,25,26). The Bertz CT molecular complexity index is 997. The third kappa shape index (κ3) is 4.40. The minimum atomic E-state index is 0.313. The molecule has 0 aliphatic heterocycles. The second-order valence-corrected chi connectivity index (χ2v) is 6.38. The van der Waals surface area contributed by atoms with E-state index in [1.54, 1.807) is 0 Å². The minimum absolute atomic E-state index is 0.313. The van der Waals surface area contributed by atoms with Gasteiger partial charge in [-0.25, -0.2) is 15.1 Å². The molecular weight excluding hydrogens is 356 g/mol. The molecule has 8 nitrogen and oxygen atoms in total. The van der Waals surface area contributed by atoms with E-state index >= 15 is 0 Å². The van der Waals surface area contributed by atoms with Crippen molar-refractivity contribution >= 4 is 0 Å². The highest BCUT2D eigenvalue weighted by Crippen LogP contribution is 2.22. The molecule has 0 fully saturated rings. The summed E-state index contributed by atoms with van der Waals surface area (Å²) < 4.78 is 11.5. The van der Waals surface area contributed by atoms with Gasteiger partial charge in [0.2, 0.25) is 11.8 Å². The highest BCUT2D eigenvalue weighted by Gasteiger charge is 2.12. The lowest BCUT2D eigenvalue weighted by Gasteiger charge is -2.05. The lowest BCUT2D eigenvalue weighted by Crippen LogP contribution is -2.00. The SMILES string of the molecule is Cc1oc(-c2ccccc2)nc1COc1ccc(CCCc2nnn[nH]2)cn1. The molecule has 0 atom stereocenters. The van der Waals surface area contributed by atoms with Gasteiger partial charge >= 0.3 is 0 Å². The highest BCUT2D eigenvalue weighted by atomic mass is 16.5. The number of aryl methyl sites for hydroxylation is 3. The fourth-order valence-electron chi connectivity index (χ4n) is 2.80. The van der Waals surface area contributed by atoms with Crippen molar-refractivity contribution in [1.82, 2.24) is 30.6 Å².